The quantitative estimate of drug-likeness (QED) is 0.671. The molecule has 0 aromatic heterocycles. The number of esters is 1. The summed E-state index contributed by atoms with van der Waals surface area (Å²) in [4.78, 5) is 11.5. The van der Waals surface area contributed by atoms with Crippen LogP contribution in [0.3, 0.4) is 0 Å². The molecule has 1 unspecified atom stereocenters. The largest absolute Gasteiger partial charge is 0.496 e. The molecule has 19 heavy (non-hydrogen) atoms. The fraction of sp³-hybridized carbons (Fsp3) is 0.533. The molecule has 0 saturated carbocycles. The normalized spacial score (nSPS) is 16.2. The van der Waals surface area contributed by atoms with Crippen LogP contribution in [0.5, 0.6) is 5.75 Å². The Kier molecular flexibility index (Phi) is 4.43. The van der Waals surface area contributed by atoms with Gasteiger partial charge in [-0.2, -0.15) is 0 Å². The van der Waals surface area contributed by atoms with Crippen LogP contribution in [0.2, 0.25) is 0 Å². The van der Waals surface area contributed by atoms with Gasteiger partial charge in [-0.1, -0.05) is 6.42 Å². The van der Waals surface area contributed by atoms with Crippen molar-refractivity contribution in [3.05, 3.63) is 28.8 Å². The molecule has 1 N–H and O–H groups in total. The van der Waals surface area contributed by atoms with Crippen molar-refractivity contribution in [2.24, 2.45) is 0 Å². The topological polar surface area (TPSA) is 55.8 Å². The van der Waals surface area contributed by atoms with E-state index in [2.05, 4.69) is 4.74 Å². The standard InChI is InChI=1S/C15H20O4/c1-18-13-9-11-7-5-3-4-6-10(11)8-12(13)14(16)15(17)19-2/h8-9,14,16H,3-7H2,1-2H3. The highest BCUT2D eigenvalue weighted by Crippen LogP contribution is 2.32. The van der Waals surface area contributed by atoms with Crippen molar-refractivity contribution in [3.63, 3.8) is 0 Å². The first kappa shape index (κ1) is 13.9. The van der Waals surface area contributed by atoms with E-state index in [9.17, 15) is 9.90 Å². The second kappa shape index (κ2) is 6.06. The lowest BCUT2D eigenvalue weighted by molar-refractivity contribution is -0.150. The molecule has 1 atom stereocenters. The van der Waals surface area contributed by atoms with E-state index in [0.29, 0.717) is 11.3 Å². The second-order valence-electron chi connectivity index (χ2n) is 4.85. The number of rotatable bonds is 3. The molecule has 0 radical (unpaired) electrons. The predicted octanol–water partition coefficient (Wildman–Crippen LogP) is 2.17. The summed E-state index contributed by atoms with van der Waals surface area (Å²) in [7, 11) is 2.81. The highest BCUT2D eigenvalue weighted by molar-refractivity contribution is 5.77. The number of carbonyl (C=O) groups excluding carboxylic acids is 1. The van der Waals surface area contributed by atoms with Gasteiger partial charge >= 0.3 is 5.97 Å². The maximum Gasteiger partial charge on any atom is 0.339 e. The Morgan fingerprint density at radius 1 is 1.16 bits per heavy atom. The van der Waals surface area contributed by atoms with Crippen LogP contribution in [0.25, 0.3) is 0 Å². The number of aliphatic hydroxyl groups excluding tert-OH is 1. The van der Waals surface area contributed by atoms with Gasteiger partial charge < -0.3 is 14.6 Å². The Hall–Kier alpha value is -1.55. The Bertz CT molecular complexity index is 467. The van der Waals surface area contributed by atoms with E-state index in [-0.39, 0.29) is 0 Å². The highest BCUT2D eigenvalue weighted by atomic mass is 16.5. The van der Waals surface area contributed by atoms with Gasteiger partial charge in [-0.3, -0.25) is 0 Å². The van der Waals surface area contributed by atoms with E-state index in [0.717, 1.165) is 19.3 Å². The van der Waals surface area contributed by atoms with Crippen LogP contribution in [0.1, 0.15) is 42.1 Å². The first-order valence-electron chi connectivity index (χ1n) is 6.63. The average Bonchev–Trinajstić information content (AvgIpc) is 2.68. The fourth-order valence-corrected chi connectivity index (χ4v) is 2.59. The minimum atomic E-state index is -1.28. The number of methoxy groups -OCH3 is 2. The zero-order valence-corrected chi connectivity index (χ0v) is 11.4. The summed E-state index contributed by atoms with van der Waals surface area (Å²) >= 11 is 0. The number of ether oxygens (including phenoxy) is 2. The maximum atomic E-state index is 11.5. The molecule has 1 aromatic carbocycles. The number of carbonyl (C=O) groups is 1. The minimum absolute atomic E-state index is 0.495. The van der Waals surface area contributed by atoms with Crippen LogP contribution in [0, 0.1) is 0 Å². The lowest BCUT2D eigenvalue weighted by atomic mass is 9.96. The molecule has 104 valence electrons. The van der Waals surface area contributed by atoms with Gasteiger partial charge in [-0.15, -0.1) is 0 Å². The van der Waals surface area contributed by atoms with Gasteiger partial charge in [0.2, 0.25) is 0 Å². The maximum absolute atomic E-state index is 11.5. The van der Waals surface area contributed by atoms with Gasteiger partial charge in [0.1, 0.15) is 5.75 Å². The highest BCUT2D eigenvalue weighted by Gasteiger charge is 2.24. The molecule has 1 aliphatic rings. The lowest BCUT2D eigenvalue weighted by Crippen LogP contribution is -2.15. The van der Waals surface area contributed by atoms with Gasteiger partial charge in [-0.25, -0.2) is 4.79 Å². The van der Waals surface area contributed by atoms with Gasteiger partial charge in [-0.05, 0) is 48.9 Å². The van der Waals surface area contributed by atoms with Crippen LogP contribution in [-0.4, -0.2) is 25.3 Å². The molecule has 0 fully saturated rings. The van der Waals surface area contributed by atoms with Crippen LogP contribution in [-0.2, 0) is 22.4 Å². The summed E-state index contributed by atoms with van der Waals surface area (Å²) < 4.78 is 9.89. The van der Waals surface area contributed by atoms with Gasteiger partial charge in [0.05, 0.1) is 14.2 Å². The third-order valence-corrected chi connectivity index (χ3v) is 3.66. The first-order chi connectivity index (χ1) is 9.17. The number of fused-ring (bicyclic) bond motifs is 1. The van der Waals surface area contributed by atoms with Gasteiger partial charge in [0.15, 0.2) is 6.10 Å². The van der Waals surface area contributed by atoms with Gasteiger partial charge in [0, 0.05) is 5.56 Å². The predicted molar refractivity (Wildman–Crippen MR) is 71.2 cm³/mol. The van der Waals surface area contributed by atoms with Crippen LogP contribution >= 0.6 is 0 Å². The Balaban J connectivity index is 2.42. The molecule has 0 saturated heterocycles. The summed E-state index contributed by atoms with van der Waals surface area (Å²) in [5.41, 5.74) is 2.96. The molecular weight excluding hydrogens is 244 g/mol. The SMILES string of the molecule is COC(=O)C(O)c1cc2c(cc1OC)CCCCC2. The molecule has 1 aromatic rings. The number of aryl methyl sites for hydroxylation is 2. The lowest BCUT2D eigenvalue weighted by Gasteiger charge is -2.16. The van der Waals surface area contributed by atoms with Crippen molar-refractivity contribution >= 4 is 5.97 Å². The summed E-state index contributed by atoms with van der Waals surface area (Å²) in [6.45, 7) is 0. The molecule has 0 amide bonds. The smallest absolute Gasteiger partial charge is 0.339 e. The minimum Gasteiger partial charge on any atom is -0.496 e. The van der Waals surface area contributed by atoms with E-state index in [1.807, 2.05) is 12.1 Å². The summed E-state index contributed by atoms with van der Waals surface area (Å²) in [5.74, 6) is -0.106. The first-order valence-corrected chi connectivity index (χ1v) is 6.63. The van der Waals surface area contributed by atoms with Crippen LogP contribution in [0.15, 0.2) is 12.1 Å². The Morgan fingerprint density at radius 3 is 2.37 bits per heavy atom. The van der Waals surface area contributed by atoms with E-state index in [1.165, 1.54) is 31.1 Å². The molecule has 0 spiro atoms. The van der Waals surface area contributed by atoms with E-state index < -0.39 is 12.1 Å². The Labute approximate surface area is 113 Å². The number of benzene rings is 1. The number of hydrogen-bond acceptors (Lipinski definition) is 4. The zero-order valence-electron chi connectivity index (χ0n) is 11.4. The third-order valence-electron chi connectivity index (χ3n) is 3.66. The zero-order chi connectivity index (χ0) is 13.8. The second-order valence-corrected chi connectivity index (χ2v) is 4.85. The summed E-state index contributed by atoms with van der Waals surface area (Å²) in [6.07, 6.45) is 4.27. The molecule has 0 bridgehead atoms. The van der Waals surface area contributed by atoms with Crippen LogP contribution < -0.4 is 4.74 Å². The monoisotopic (exact) mass is 264 g/mol. The van der Waals surface area contributed by atoms with Crippen molar-refractivity contribution < 1.29 is 19.4 Å². The van der Waals surface area contributed by atoms with Crippen molar-refractivity contribution in [3.8, 4) is 5.75 Å². The molecule has 0 heterocycles. The van der Waals surface area contributed by atoms with Crippen molar-refractivity contribution in [1.29, 1.82) is 0 Å². The summed E-state index contributed by atoms with van der Waals surface area (Å²) in [5, 5.41) is 10.0. The van der Waals surface area contributed by atoms with Crippen molar-refractivity contribution in [2.75, 3.05) is 14.2 Å². The molecule has 4 heteroatoms. The number of aliphatic hydroxyl groups is 1. The molecule has 1 aliphatic carbocycles. The summed E-state index contributed by atoms with van der Waals surface area (Å²) in [6, 6.07) is 3.84. The third kappa shape index (κ3) is 2.89. The van der Waals surface area contributed by atoms with E-state index in [1.54, 1.807) is 7.11 Å². The molecule has 4 nitrogen and oxygen atoms in total. The van der Waals surface area contributed by atoms with E-state index in [4.69, 9.17) is 4.74 Å². The Morgan fingerprint density at radius 2 is 1.79 bits per heavy atom. The van der Waals surface area contributed by atoms with Gasteiger partial charge in [0.25, 0.3) is 0 Å². The molecule has 2 rings (SSSR count). The number of hydrogen-bond donors (Lipinski definition) is 1. The van der Waals surface area contributed by atoms with E-state index >= 15 is 0 Å². The van der Waals surface area contributed by atoms with Crippen LogP contribution in [0.4, 0.5) is 0 Å². The van der Waals surface area contributed by atoms with Crippen molar-refractivity contribution in [1.82, 2.24) is 0 Å². The fourth-order valence-electron chi connectivity index (χ4n) is 2.59. The van der Waals surface area contributed by atoms with Crippen molar-refractivity contribution in [2.45, 2.75) is 38.2 Å². The average molecular weight is 264 g/mol. The molecular formula is C15H20O4. The molecule has 0 aliphatic heterocycles.